The lowest BCUT2D eigenvalue weighted by Crippen LogP contribution is -2.13. The molecule has 2 heterocycles. The van der Waals surface area contributed by atoms with Gasteiger partial charge in [-0.15, -0.1) is 0 Å². The summed E-state index contributed by atoms with van der Waals surface area (Å²) < 4.78 is 0. The highest BCUT2D eigenvalue weighted by atomic mass is 35.5. The molecule has 0 spiro atoms. The quantitative estimate of drug-likeness (QED) is 0.774. The van der Waals surface area contributed by atoms with Crippen LogP contribution in [0, 0.1) is 6.92 Å². The molecule has 0 atom stereocenters. The molecule has 7 heteroatoms. The van der Waals surface area contributed by atoms with Gasteiger partial charge in [0, 0.05) is 6.20 Å². The summed E-state index contributed by atoms with van der Waals surface area (Å²) in [6.07, 6.45) is 2.94. The number of pyridine rings is 1. The van der Waals surface area contributed by atoms with Crippen molar-refractivity contribution in [1.29, 1.82) is 0 Å². The lowest BCUT2D eigenvalue weighted by molar-refractivity contribution is 0.102. The smallest absolute Gasteiger partial charge is 0.277 e. The summed E-state index contributed by atoms with van der Waals surface area (Å²) in [5, 5.41) is 12.4. The van der Waals surface area contributed by atoms with E-state index in [-0.39, 0.29) is 16.8 Å². The first kappa shape index (κ1) is 10.6. The average Bonchev–Trinajstić information content (AvgIpc) is 2.76. The van der Waals surface area contributed by atoms with Gasteiger partial charge in [-0.25, -0.2) is 4.98 Å². The molecular formula is C9H8ClN5O. The minimum atomic E-state index is -0.386. The molecule has 1 amide bonds. The number of aryl methyl sites for hydroxylation is 1. The molecule has 16 heavy (non-hydrogen) atoms. The molecule has 6 nitrogen and oxygen atoms in total. The standard InChI is InChI=1S/C9H8ClN5O/c1-5-2-6(8(10)11-3-5)13-9(16)7-4-12-15-14-7/h2-4H,1H3,(H,13,16)(H,12,14,15). The number of nitrogens with one attached hydrogen (secondary N) is 2. The molecule has 2 aromatic rings. The number of aromatic nitrogens is 4. The molecular weight excluding hydrogens is 230 g/mol. The maximum absolute atomic E-state index is 11.6. The van der Waals surface area contributed by atoms with Gasteiger partial charge in [0.2, 0.25) is 0 Å². The van der Waals surface area contributed by atoms with Gasteiger partial charge in [-0.2, -0.15) is 15.4 Å². The largest absolute Gasteiger partial charge is 0.318 e. The zero-order valence-electron chi connectivity index (χ0n) is 8.36. The third-order valence-corrected chi connectivity index (χ3v) is 2.17. The van der Waals surface area contributed by atoms with Crippen LogP contribution in [-0.2, 0) is 0 Å². The SMILES string of the molecule is Cc1cnc(Cl)c(NC(=O)c2cn[nH]n2)c1. The Morgan fingerprint density at radius 3 is 3.00 bits per heavy atom. The van der Waals surface area contributed by atoms with E-state index in [1.54, 1.807) is 12.3 Å². The molecule has 82 valence electrons. The molecule has 0 saturated heterocycles. The van der Waals surface area contributed by atoms with E-state index >= 15 is 0 Å². The van der Waals surface area contributed by atoms with Crippen LogP contribution in [0.3, 0.4) is 0 Å². The molecule has 0 aliphatic heterocycles. The second kappa shape index (κ2) is 4.28. The summed E-state index contributed by atoms with van der Waals surface area (Å²) >= 11 is 5.83. The summed E-state index contributed by atoms with van der Waals surface area (Å²) in [5.41, 5.74) is 1.55. The van der Waals surface area contributed by atoms with Crippen LogP contribution >= 0.6 is 11.6 Å². The summed E-state index contributed by atoms with van der Waals surface area (Å²) in [6.45, 7) is 1.86. The normalized spacial score (nSPS) is 10.1. The summed E-state index contributed by atoms with van der Waals surface area (Å²) in [6, 6.07) is 1.73. The van der Waals surface area contributed by atoms with Gasteiger partial charge in [-0.1, -0.05) is 11.6 Å². The van der Waals surface area contributed by atoms with Crippen LogP contribution in [0.25, 0.3) is 0 Å². The maximum Gasteiger partial charge on any atom is 0.277 e. The Morgan fingerprint density at radius 2 is 2.31 bits per heavy atom. The first-order chi connectivity index (χ1) is 7.66. The van der Waals surface area contributed by atoms with Gasteiger partial charge in [0.05, 0.1) is 11.9 Å². The molecule has 0 aromatic carbocycles. The van der Waals surface area contributed by atoms with E-state index < -0.39 is 0 Å². The Balaban J connectivity index is 2.21. The second-order valence-electron chi connectivity index (χ2n) is 3.16. The molecule has 0 bridgehead atoms. The number of anilines is 1. The monoisotopic (exact) mass is 237 g/mol. The minimum Gasteiger partial charge on any atom is -0.318 e. The van der Waals surface area contributed by atoms with Crippen molar-refractivity contribution in [2.24, 2.45) is 0 Å². The van der Waals surface area contributed by atoms with Gasteiger partial charge in [0.15, 0.2) is 10.8 Å². The molecule has 0 aliphatic carbocycles. The lowest BCUT2D eigenvalue weighted by atomic mass is 10.3. The second-order valence-corrected chi connectivity index (χ2v) is 3.52. The highest BCUT2D eigenvalue weighted by Crippen LogP contribution is 2.20. The third-order valence-electron chi connectivity index (χ3n) is 1.87. The van der Waals surface area contributed by atoms with E-state index in [1.807, 2.05) is 6.92 Å². The molecule has 0 aliphatic rings. The molecule has 0 radical (unpaired) electrons. The Labute approximate surface area is 96.0 Å². The number of aromatic amines is 1. The molecule has 2 rings (SSSR count). The van der Waals surface area contributed by atoms with E-state index in [4.69, 9.17) is 11.6 Å². The van der Waals surface area contributed by atoms with Crippen LogP contribution in [0.4, 0.5) is 5.69 Å². The van der Waals surface area contributed by atoms with Crippen molar-refractivity contribution in [2.75, 3.05) is 5.32 Å². The first-order valence-corrected chi connectivity index (χ1v) is 4.84. The third kappa shape index (κ3) is 2.17. The highest BCUT2D eigenvalue weighted by Gasteiger charge is 2.11. The Bertz CT molecular complexity index is 511. The average molecular weight is 238 g/mol. The van der Waals surface area contributed by atoms with Crippen molar-refractivity contribution >= 4 is 23.2 Å². The molecule has 0 fully saturated rings. The van der Waals surface area contributed by atoms with E-state index in [0.29, 0.717) is 5.69 Å². The lowest BCUT2D eigenvalue weighted by Gasteiger charge is -2.05. The molecule has 2 N–H and O–H groups in total. The van der Waals surface area contributed by atoms with Crippen molar-refractivity contribution in [3.8, 4) is 0 Å². The predicted octanol–water partition coefficient (Wildman–Crippen LogP) is 1.41. The molecule has 0 saturated carbocycles. The van der Waals surface area contributed by atoms with Gasteiger partial charge in [-0.05, 0) is 18.6 Å². The minimum absolute atomic E-state index is 0.192. The fourth-order valence-corrected chi connectivity index (χ4v) is 1.29. The van der Waals surface area contributed by atoms with E-state index in [9.17, 15) is 4.79 Å². The summed E-state index contributed by atoms with van der Waals surface area (Å²) in [5.74, 6) is -0.386. The summed E-state index contributed by atoms with van der Waals surface area (Å²) in [7, 11) is 0. The molecule has 2 aromatic heterocycles. The van der Waals surface area contributed by atoms with Crippen molar-refractivity contribution in [3.05, 3.63) is 34.9 Å². The Hall–Kier alpha value is -1.95. The number of hydrogen-bond acceptors (Lipinski definition) is 4. The molecule has 0 unspecified atom stereocenters. The zero-order valence-corrected chi connectivity index (χ0v) is 9.12. The van der Waals surface area contributed by atoms with Crippen molar-refractivity contribution in [1.82, 2.24) is 20.4 Å². The zero-order chi connectivity index (χ0) is 11.5. The fourth-order valence-electron chi connectivity index (χ4n) is 1.14. The fraction of sp³-hybridized carbons (Fsp3) is 0.111. The predicted molar refractivity (Wildman–Crippen MR) is 58.3 cm³/mol. The van der Waals surface area contributed by atoms with E-state index in [2.05, 4.69) is 25.7 Å². The van der Waals surface area contributed by atoms with Crippen LogP contribution < -0.4 is 5.32 Å². The van der Waals surface area contributed by atoms with Crippen LogP contribution in [0.5, 0.6) is 0 Å². The van der Waals surface area contributed by atoms with Gasteiger partial charge >= 0.3 is 0 Å². The number of halogens is 1. The van der Waals surface area contributed by atoms with E-state index in [0.717, 1.165) is 5.56 Å². The van der Waals surface area contributed by atoms with Crippen LogP contribution in [0.2, 0.25) is 5.15 Å². The number of rotatable bonds is 2. The maximum atomic E-state index is 11.6. The van der Waals surface area contributed by atoms with Gasteiger partial charge in [0.1, 0.15) is 0 Å². The number of hydrogen-bond donors (Lipinski definition) is 2. The Kier molecular flexibility index (Phi) is 2.82. The highest BCUT2D eigenvalue weighted by molar-refractivity contribution is 6.32. The number of H-pyrrole nitrogens is 1. The van der Waals surface area contributed by atoms with Gasteiger partial charge in [0.25, 0.3) is 5.91 Å². The number of carbonyl (C=O) groups excluding carboxylic acids is 1. The first-order valence-electron chi connectivity index (χ1n) is 4.46. The van der Waals surface area contributed by atoms with Crippen molar-refractivity contribution in [3.63, 3.8) is 0 Å². The topological polar surface area (TPSA) is 83.6 Å². The number of carbonyl (C=O) groups is 1. The van der Waals surface area contributed by atoms with Crippen LogP contribution in [0.1, 0.15) is 16.1 Å². The van der Waals surface area contributed by atoms with Crippen molar-refractivity contribution < 1.29 is 4.79 Å². The van der Waals surface area contributed by atoms with Crippen LogP contribution in [0.15, 0.2) is 18.5 Å². The van der Waals surface area contributed by atoms with E-state index in [1.165, 1.54) is 6.20 Å². The van der Waals surface area contributed by atoms with Gasteiger partial charge in [-0.3, -0.25) is 4.79 Å². The summed E-state index contributed by atoms with van der Waals surface area (Å²) in [4.78, 5) is 15.5. The number of nitrogens with zero attached hydrogens (tertiary/aromatic N) is 3. The van der Waals surface area contributed by atoms with Crippen molar-refractivity contribution in [2.45, 2.75) is 6.92 Å². The van der Waals surface area contributed by atoms with Gasteiger partial charge < -0.3 is 5.32 Å². The Morgan fingerprint density at radius 1 is 1.50 bits per heavy atom. The van der Waals surface area contributed by atoms with Crippen LogP contribution in [-0.4, -0.2) is 26.3 Å². The number of amides is 1.